The van der Waals surface area contributed by atoms with Gasteiger partial charge < -0.3 is 4.90 Å². The van der Waals surface area contributed by atoms with Gasteiger partial charge in [-0.15, -0.1) is 10.2 Å². The van der Waals surface area contributed by atoms with Crippen LogP contribution in [0, 0.1) is 0 Å². The maximum atomic E-state index is 4.82. The lowest BCUT2D eigenvalue weighted by molar-refractivity contribution is -0.438. The number of unbranched alkanes of at least 4 members (excludes halogenated alkanes) is 2. The zero-order valence-corrected chi connectivity index (χ0v) is 40.9. The molecule has 4 nitrogen and oxygen atoms in total. The number of rotatable bonds is 15. The van der Waals surface area contributed by atoms with Crippen LogP contribution >= 0.6 is 34.9 Å². The summed E-state index contributed by atoms with van der Waals surface area (Å²) in [4.78, 5) is 3.94. The van der Waals surface area contributed by atoms with Crippen LogP contribution in [0.2, 0.25) is 0 Å². The van der Waals surface area contributed by atoms with Gasteiger partial charge in [0.1, 0.15) is 6.54 Å². The summed E-state index contributed by atoms with van der Waals surface area (Å²) in [6.45, 7) is 20.2. The summed E-state index contributed by atoms with van der Waals surface area (Å²) in [6.07, 6.45) is 19.5. The molecule has 3 aliphatic rings. The van der Waals surface area contributed by atoms with Crippen LogP contribution in [0.3, 0.4) is 0 Å². The van der Waals surface area contributed by atoms with Gasteiger partial charge in [0.15, 0.2) is 14.4 Å². The molecule has 5 aromatic carbocycles. The van der Waals surface area contributed by atoms with Crippen LogP contribution in [0.1, 0.15) is 109 Å². The van der Waals surface area contributed by atoms with Crippen LogP contribution in [0.4, 0.5) is 11.4 Å². The molecule has 0 radical (unpaired) electrons. The summed E-state index contributed by atoms with van der Waals surface area (Å²) in [5.74, 6) is 0.856. The van der Waals surface area contributed by atoms with Crippen molar-refractivity contribution >= 4 is 79.6 Å². The molecule has 6 aromatic rings. The van der Waals surface area contributed by atoms with Crippen LogP contribution in [0.5, 0.6) is 0 Å². The summed E-state index contributed by atoms with van der Waals surface area (Å²) in [5.41, 5.74) is 13.2. The molecular formula is C57H61N4S3+. The van der Waals surface area contributed by atoms with Crippen molar-refractivity contribution in [3.05, 3.63) is 172 Å². The van der Waals surface area contributed by atoms with Gasteiger partial charge in [0.2, 0.25) is 5.69 Å². The van der Waals surface area contributed by atoms with Crippen LogP contribution in [-0.2, 0) is 16.6 Å². The largest absolute Gasteiger partial charge is 0.344 e. The first-order chi connectivity index (χ1) is 31.1. The van der Waals surface area contributed by atoms with Crippen molar-refractivity contribution in [1.82, 2.24) is 10.2 Å². The zero-order valence-electron chi connectivity index (χ0n) is 38.4. The second kappa shape index (κ2) is 18.9. The Morgan fingerprint density at radius 1 is 0.750 bits per heavy atom. The molecule has 1 aromatic heterocycles. The smallest absolute Gasteiger partial charge is 0.210 e. The monoisotopic (exact) mass is 897 g/mol. The average Bonchev–Trinajstić information content (AvgIpc) is 3.92. The lowest BCUT2D eigenvalue weighted by Crippen LogP contribution is -2.28. The standard InChI is InChI=1S/C57H61N4S3/c1-8-11-36-60-47-32-28-41-18-13-15-22-45(41)51(47)56(4,5)49(60)34-30-43-20-17-21-44(53(43)63-55-59-58-54(64-55)62-38-40-26-24-39(10-3)25-27-40)31-35-50-57(6,7)52-46-23-16-14-19-42(46)29-33-48(52)61(50)37-12-9-2/h10,13-16,18-19,22-35H,3,8-9,11-12,17,20-21,36-38H2,1-2,4-7H3/q+1. The van der Waals surface area contributed by atoms with Crippen molar-refractivity contribution in [2.75, 3.05) is 18.0 Å². The van der Waals surface area contributed by atoms with Crippen molar-refractivity contribution in [3.63, 3.8) is 0 Å². The highest BCUT2D eigenvalue weighted by Crippen LogP contribution is 2.52. The van der Waals surface area contributed by atoms with Crippen molar-refractivity contribution in [2.45, 2.75) is 112 Å². The van der Waals surface area contributed by atoms with E-state index in [0.717, 1.165) is 78.0 Å². The van der Waals surface area contributed by atoms with Crippen LogP contribution < -0.4 is 4.90 Å². The maximum absolute atomic E-state index is 4.82. The second-order valence-corrected chi connectivity index (χ2v) is 21.9. The molecule has 326 valence electrons. The van der Waals surface area contributed by atoms with Gasteiger partial charge >= 0.3 is 0 Å². The summed E-state index contributed by atoms with van der Waals surface area (Å²) in [7, 11) is 0. The number of hydrogen-bond donors (Lipinski definition) is 0. The summed E-state index contributed by atoms with van der Waals surface area (Å²) < 4.78 is 4.61. The molecule has 0 saturated carbocycles. The van der Waals surface area contributed by atoms with E-state index < -0.39 is 0 Å². The first kappa shape index (κ1) is 44.3. The van der Waals surface area contributed by atoms with E-state index in [2.05, 4.69) is 179 Å². The number of fused-ring (bicyclic) bond motifs is 6. The highest BCUT2D eigenvalue weighted by Gasteiger charge is 2.45. The number of nitrogens with zero attached hydrogens (tertiary/aromatic N) is 4. The summed E-state index contributed by atoms with van der Waals surface area (Å²) in [5, 5.41) is 14.9. The van der Waals surface area contributed by atoms with E-state index in [1.54, 1.807) is 23.1 Å². The molecule has 0 spiro atoms. The number of thioether (sulfide) groups is 2. The maximum Gasteiger partial charge on any atom is 0.210 e. The Morgan fingerprint density at radius 2 is 1.45 bits per heavy atom. The van der Waals surface area contributed by atoms with Crippen molar-refractivity contribution in [2.24, 2.45) is 0 Å². The number of hydrogen-bond acceptors (Lipinski definition) is 6. The topological polar surface area (TPSA) is 32.0 Å². The van der Waals surface area contributed by atoms with E-state index in [0.29, 0.717) is 0 Å². The Balaban J connectivity index is 1.12. The Bertz CT molecular complexity index is 2890. The van der Waals surface area contributed by atoms with Gasteiger partial charge in [0.25, 0.3) is 0 Å². The molecule has 3 heterocycles. The van der Waals surface area contributed by atoms with E-state index in [4.69, 9.17) is 10.2 Å². The number of aromatic nitrogens is 2. The van der Waals surface area contributed by atoms with E-state index in [-0.39, 0.29) is 10.8 Å². The lowest BCUT2D eigenvalue weighted by Gasteiger charge is -2.27. The summed E-state index contributed by atoms with van der Waals surface area (Å²) in [6, 6.07) is 35.8. The van der Waals surface area contributed by atoms with E-state index in [1.165, 1.54) is 77.1 Å². The molecule has 0 bridgehead atoms. The summed E-state index contributed by atoms with van der Waals surface area (Å²) >= 11 is 5.29. The van der Waals surface area contributed by atoms with Crippen molar-refractivity contribution in [3.8, 4) is 0 Å². The van der Waals surface area contributed by atoms with Crippen molar-refractivity contribution in [1.29, 1.82) is 0 Å². The molecule has 7 heteroatoms. The second-order valence-electron chi connectivity index (χ2n) is 18.5. The van der Waals surface area contributed by atoms with Crippen molar-refractivity contribution < 1.29 is 4.58 Å². The molecule has 0 N–H and O–H groups in total. The minimum Gasteiger partial charge on any atom is -0.344 e. The number of benzene rings is 5. The van der Waals surface area contributed by atoms with E-state index >= 15 is 0 Å². The minimum absolute atomic E-state index is 0.154. The Morgan fingerprint density at radius 3 is 2.19 bits per heavy atom. The third kappa shape index (κ3) is 8.52. The average molecular weight is 898 g/mol. The first-order valence-electron chi connectivity index (χ1n) is 23.3. The lowest BCUT2D eigenvalue weighted by atomic mass is 9.78. The van der Waals surface area contributed by atoms with Crippen LogP contribution in [0.25, 0.3) is 27.6 Å². The molecule has 2 aliphatic heterocycles. The molecule has 0 amide bonds. The SMILES string of the molecule is C=Cc1ccc(CSc2nnc(SC3=C(/C=C/C4=[N+](CCCC)c5ccc6ccccc6c5C4(C)C)CCC/C3=C\C=C3\N(CCCC)c4ccc5ccccc5c4C3(C)C)s2)cc1. The van der Waals surface area contributed by atoms with Gasteiger partial charge in [0, 0.05) is 58.1 Å². The van der Waals surface area contributed by atoms with Gasteiger partial charge in [-0.2, -0.15) is 4.58 Å². The molecular weight excluding hydrogens is 837 g/mol. The highest BCUT2D eigenvalue weighted by atomic mass is 32.2. The predicted molar refractivity (Wildman–Crippen MR) is 279 cm³/mol. The van der Waals surface area contributed by atoms with Gasteiger partial charge in [-0.3, -0.25) is 0 Å². The first-order valence-corrected chi connectivity index (χ1v) is 25.9. The minimum atomic E-state index is -0.154. The normalized spacial score (nSPS) is 18.1. The third-order valence-electron chi connectivity index (χ3n) is 13.5. The highest BCUT2D eigenvalue weighted by molar-refractivity contribution is 8.05. The number of allylic oxidation sites excluding steroid dienone is 7. The Kier molecular flexibility index (Phi) is 13.1. The Labute approximate surface area is 393 Å². The van der Waals surface area contributed by atoms with Gasteiger partial charge in [-0.1, -0.05) is 179 Å². The zero-order chi connectivity index (χ0) is 44.4. The fraction of sp³-hybridized carbons (Fsp3) is 0.316. The third-order valence-corrected chi connectivity index (χ3v) is 16.9. The van der Waals surface area contributed by atoms with Crippen LogP contribution in [0.15, 0.2) is 158 Å². The molecule has 0 atom stereocenters. The molecule has 9 rings (SSSR count). The molecule has 0 fully saturated rings. The number of anilines is 1. The fourth-order valence-electron chi connectivity index (χ4n) is 10.2. The predicted octanol–water partition coefficient (Wildman–Crippen LogP) is 16.2. The molecule has 1 aliphatic carbocycles. The van der Waals surface area contributed by atoms with Gasteiger partial charge in [-0.05, 0) is 107 Å². The molecule has 0 saturated heterocycles. The van der Waals surface area contributed by atoms with E-state index in [9.17, 15) is 0 Å². The molecule has 0 unspecified atom stereocenters. The fourth-order valence-corrected chi connectivity index (χ4v) is 13.4. The molecule has 64 heavy (non-hydrogen) atoms. The van der Waals surface area contributed by atoms with Gasteiger partial charge in [-0.25, -0.2) is 0 Å². The van der Waals surface area contributed by atoms with Crippen LogP contribution in [-0.4, -0.2) is 33.6 Å². The van der Waals surface area contributed by atoms with Gasteiger partial charge in [0.05, 0.1) is 5.41 Å². The van der Waals surface area contributed by atoms with E-state index in [1.807, 2.05) is 17.8 Å². The Hall–Kier alpha value is -4.95. The quantitative estimate of drug-likeness (QED) is 0.0757.